The molecule has 1 aliphatic rings. The van der Waals surface area contributed by atoms with E-state index >= 15 is 0 Å². The van der Waals surface area contributed by atoms with Crippen LogP contribution in [-0.4, -0.2) is 22.1 Å². The van der Waals surface area contributed by atoms with Crippen LogP contribution in [0.15, 0.2) is 18.6 Å². The van der Waals surface area contributed by atoms with Crippen LogP contribution in [0.2, 0.25) is 0 Å². The Balaban J connectivity index is 1.81. The maximum absolute atomic E-state index is 4.16. The predicted molar refractivity (Wildman–Crippen MR) is 62.6 cm³/mol. The van der Waals surface area contributed by atoms with E-state index in [1.807, 2.05) is 12.5 Å². The minimum absolute atomic E-state index is 0.787. The van der Waals surface area contributed by atoms with Crippen LogP contribution in [0.25, 0.3) is 6.08 Å². The molecule has 0 aliphatic heterocycles. The summed E-state index contributed by atoms with van der Waals surface area (Å²) in [4.78, 5) is 4.16. The van der Waals surface area contributed by atoms with Gasteiger partial charge in [0.2, 0.25) is 0 Å². The topological polar surface area (TPSA) is 29.9 Å². The van der Waals surface area contributed by atoms with Gasteiger partial charge in [0.25, 0.3) is 0 Å². The van der Waals surface area contributed by atoms with Crippen LogP contribution in [0.1, 0.15) is 31.9 Å². The van der Waals surface area contributed by atoms with Crippen molar-refractivity contribution in [3.63, 3.8) is 0 Å². The molecule has 1 aromatic heterocycles. The third-order valence-electron chi connectivity index (χ3n) is 2.60. The molecule has 0 saturated heterocycles. The summed E-state index contributed by atoms with van der Waals surface area (Å²) in [6.07, 6.45) is 12.0. The van der Waals surface area contributed by atoms with Gasteiger partial charge in [-0.3, -0.25) is 0 Å². The summed E-state index contributed by atoms with van der Waals surface area (Å²) in [5.41, 5.74) is 1.20. The number of imidazole rings is 1. The normalized spacial score (nSPS) is 16.3. The Hall–Kier alpha value is -1.09. The van der Waals surface area contributed by atoms with Gasteiger partial charge in [-0.05, 0) is 25.3 Å². The molecule has 1 aliphatic carbocycles. The summed E-state index contributed by atoms with van der Waals surface area (Å²) in [6.45, 7) is 4.21. The van der Waals surface area contributed by atoms with Crippen LogP contribution in [0, 0.1) is 0 Å². The first-order valence-corrected chi connectivity index (χ1v) is 5.80. The van der Waals surface area contributed by atoms with Crippen molar-refractivity contribution in [1.82, 2.24) is 14.9 Å². The summed E-state index contributed by atoms with van der Waals surface area (Å²) in [5.74, 6) is 0. The highest BCUT2D eigenvalue weighted by Crippen LogP contribution is 2.18. The fraction of sp³-hybridized carbons (Fsp3) is 0.583. The second-order valence-corrected chi connectivity index (χ2v) is 4.10. The first-order chi connectivity index (χ1) is 7.40. The number of aryl methyl sites for hydroxylation is 1. The van der Waals surface area contributed by atoms with Crippen LogP contribution in [-0.2, 0) is 6.54 Å². The predicted octanol–water partition coefficient (Wildman–Crippen LogP) is 2.06. The lowest BCUT2D eigenvalue weighted by molar-refractivity contribution is 0.673. The molecule has 0 bridgehead atoms. The molecule has 1 fully saturated rings. The highest BCUT2D eigenvalue weighted by atomic mass is 15.0. The first-order valence-electron chi connectivity index (χ1n) is 5.80. The molecule has 2 rings (SSSR count). The maximum atomic E-state index is 4.16. The van der Waals surface area contributed by atoms with Crippen molar-refractivity contribution in [2.75, 3.05) is 6.54 Å². The standard InChI is InChI=1S/C12H19N3/c1-2-8-15-10-13-9-12(15)4-3-7-14-11-5-6-11/h3-4,9-11,14H,2,5-8H2,1H3. The third-order valence-corrected chi connectivity index (χ3v) is 2.60. The maximum Gasteiger partial charge on any atom is 0.0950 e. The van der Waals surface area contributed by atoms with E-state index < -0.39 is 0 Å². The van der Waals surface area contributed by atoms with E-state index in [1.54, 1.807) is 0 Å². The van der Waals surface area contributed by atoms with E-state index in [4.69, 9.17) is 0 Å². The van der Waals surface area contributed by atoms with E-state index in [0.717, 1.165) is 25.6 Å². The van der Waals surface area contributed by atoms with Crippen molar-refractivity contribution < 1.29 is 0 Å². The number of aromatic nitrogens is 2. The summed E-state index contributed by atoms with van der Waals surface area (Å²) < 4.78 is 2.19. The number of hydrogen-bond donors (Lipinski definition) is 1. The molecule has 0 amide bonds. The quantitative estimate of drug-likeness (QED) is 0.770. The fourth-order valence-electron chi connectivity index (χ4n) is 1.60. The van der Waals surface area contributed by atoms with Crippen molar-refractivity contribution in [2.24, 2.45) is 0 Å². The zero-order chi connectivity index (χ0) is 10.5. The summed E-state index contributed by atoms with van der Waals surface area (Å²) in [7, 11) is 0. The molecule has 3 heteroatoms. The second kappa shape index (κ2) is 5.12. The van der Waals surface area contributed by atoms with Gasteiger partial charge in [-0.15, -0.1) is 0 Å². The van der Waals surface area contributed by atoms with Gasteiger partial charge in [-0.1, -0.05) is 13.0 Å². The molecular formula is C12H19N3. The van der Waals surface area contributed by atoms with Crippen molar-refractivity contribution in [3.05, 3.63) is 24.3 Å². The zero-order valence-corrected chi connectivity index (χ0v) is 9.32. The van der Waals surface area contributed by atoms with Gasteiger partial charge in [-0.2, -0.15) is 0 Å². The molecular weight excluding hydrogens is 186 g/mol. The van der Waals surface area contributed by atoms with Crippen molar-refractivity contribution in [3.8, 4) is 0 Å². The Morgan fingerprint density at radius 1 is 1.60 bits per heavy atom. The Morgan fingerprint density at radius 2 is 2.47 bits per heavy atom. The summed E-state index contributed by atoms with van der Waals surface area (Å²) >= 11 is 0. The lowest BCUT2D eigenvalue weighted by Crippen LogP contribution is -2.15. The van der Waals surface area contributed by atoms with Crippen LogP contribution >= 0.6 is 0 Å². The van der Waals surface area contributed by atoms with Gasteiger partial charge in [0, 0.05) is 19.1 Å². The molecule has 0 unspecified atom stereocenters. The zero-order valence-electron chi connectivity index (χ0n) is 9.32. The van der Waals surface area contributed by atoms with Crippen molar-refractivity contribution >= 4 is 6.08 Å². The summed E-state index contributed by atoms with van der Waals surface area (Å²) in [6, 6.07) is 0.787. The van der Waals surface area contributed by atoms with Gasteiger partial charge in [0.1, 0.15) is 0 Å². The Morgan fingerprint density at radius 3 is 3.20 bits per heavy atom. The number of hydrogen-bond acceptors (Lipinski definition) is 2. The molecule has 82 valence electrons. The van der Waals surface area contributed by atoms with Gasteiger partial charge < -0.3 is 9.88 Å². The molecule has 0 aromatic carbocycles. The van der Waals surface area contributed by atoms with Crippen LogP contribution in [0.4, 0.5) is 0 Å². The molecule has 3 nitrogen and oxygen atoms in total. The first kappa shape index (κ1) is 10.4. The molecule has 0 spiro atoms. The lowest BCUT2D eigenvalue weighted by Gasteiger charge is -2.01. The monoisotopic (exact) mass is 205 g/mol. The van der Waals surface area contributed by atoms with Gasteiger partial charge in [0.05, 0.1) is 18.2 Å². The minimum atomic E-state index is 0.787. The minimum Gasteiger partial charge on any atom is -0.331 e. The lowest BCUT2D eigenvalue weighted by atomic mass is 10.3. The van der Waals surface area contributed by atoms with Crippen LogP contribution < -0.4 is 5.32 Å². The van der Waals surface area contributed by atoms with Gasteiger partial charge >= 0.3 is 0 Å². The number of nitrogens with one attached hydrogen (secondary N) is 1. The number of rotatable bonds is 6. The average Bonchev–Trinajstić information content (AvgIpc) is 2.96. The van der Waals surface area contributed by atoms with Crippen LogP contribution in [0.5, 0.6) is 0 Å². The third kappa shape index (κ3) is 3.20. The SMILES string of the molecule is CCCn1cncc1C=CCNC1CC1. The summed E-state index contributed by atoms with van der Waals surface area (Å²) in [5, 5.41) is 3.45. The van der Waals surface area contributed by atoms with Gasteiger partial charge in [-0.25, -0.2) is 4.98 Å². The van der Waals surface area contributed by atoms with Crippen molar-refractivity contribution in [2.45, 2.75) is 38.8 Å². The molecule has 1 heterocycles. The molecule has 1 saturated carbocycles. The number of nitrogens with zero attached hydrogens (tertiary/aromatic N) is 2. The smallest absolute Gasteiger partial charge is 0.0950 e. The molecule has 15 heavy (non-hydrogen) atoms. The van der Waals surface area contributed by atoms with E-state index in [1.165, 1.54) is 18.5 Å². The Labute approximate surface area is 91.2 Å². The van der Waals surface area contributed by atoms with E-state index in [2.05, 4.69) is 33.9 Å². The second-order valence-electron chi connectivity index (χ2n) is 4.10. The van der Waals surface area contributed by atoms with E-state index in [0.29, 0.717) is 0 Å². The molecule has 0 atom stereocenters. The van der Waals surface area contributed by atoms with Crippen molar-refractivity contribution in [1.29, 1.82) is 0 Å². The van der Waals surface area contributed by atoms with E-state index in [9.17, 15) is 0 Å². The van der Waals surface area contributed by atoms with Gasteiger partial charge in [0.15, 0.2) is 0 Å². The molecule has 1 aromatic rings. The Kier molecular flexibility index (Phi) is 3.56. The molecule has 1 N–H and O–H groups in total. The Bertz CT molecular complexity index is 323. The average molecular weight is 205 g/mol. The highest BCUT2D eigenvalue weighted by molar-refractivity contribution is 5.43. The molecule has 0 radical (unpaired) electrons. The largest absolute Gasteiger partial charge is 0.331 e. The fourth-order valence-corrected chi connectivity index (χ4v) is 1.60. The highest BCUT2D eigenvalue weighted by Gasteiger charge is 2.18. The van der Waals surface area contributed by atoms with E-state index in [-0.39, 0.29) is 0 Å². The van der Waals surface area contributed by atoms with Crippen LogP contribution in [0.3, 0.4) is 0 Å².